The first-order valence-electron chi connectivity index (χ1n) is 9.04. The second kappa shape index (κ2) is 8.47. The van der Waals surface area contributed by atoms with E-state index < -0.39 is 0 Å². The molecule has 138 valence electrons. The average Bonchev–Trinajstić information content (AvgIpc) is 3.02. The Morgan fingerprint density at radius 2 is 1.96 bits per heavy atom. The maximum Gasteiger partial charge on any atom is 0.183 e. The number of thiocarbonyl (C=S) groups is 1. The molecule has 1 aromatic carbocycles. The van der Waals surface area contributed by atoms with E-state index in [9.17, 15) is 0 Å². The zero-order chi connectivity index (χ0) is 18.5. The largest absolute Gasteiger partial charge is 0.354 e. The van der Waals surface area contributed by atoms with Crippen LogP contribution in [0, 0.1) is 6.92 Å². The Morgan fingerprint density at radius 3 is 2.69 bits per heavy atom. The number of anilines is 1. The first kappa shape index (κ1) is 18.6. The summed E-state index contributed by atoms with van der Waals surface area (Å²) in [5.41, 5.74) is 2.93. The molecule has 0 N–H and O–H groups in total. The molecule has 5 nitrogen and oxygen atoms in total. The van der Waals surface area contributed by atoms with Crippen LogP contribution in [0.3, 0.4) is 0 Å². The van der Waals surface area contributed by atoms with Gasteiger partial charge in [-0.05, 0) is 37.2 Å². The van der Waals surface area contributed by atoms with Crippen molar-refractivity contribution in [3.63, 3.8) is 0 Å². The molecule has 1 fully saturated rings. The fourth-order valence-corrected chi connectivity index (χ4v) is 3.32. The molecule has 1 aromatic heterocycles. The number of rotatable bonds is 6. The highest BCUT2D eigenvalue weighted by atomic mass is 32.1. The third-order valence-corrected chi connectivity index (χ3v) is 5.02. The number of benzene rings is 1. The van der Waals surface area contributed by atoms with Gasteiger partial charge in [-0.15, -0.1) is 0 Å². The number of aryl methyl sites for hydroxylation is 1. The highest BCUT2D eigenvalue weighted by Gasteiger charge is 2.30. The standard InChI is InChI=1S/C20H26N4OS/c1-4-5-13-23-14-22(3)20(26)24(15-23)19-16(2)21-25-18(19)12-11-17-9-7-6-8-10-17/h6-12H,4-5,13-15H2,1-3H3/b12-11+. The maximum absolute atomic E-state index is 5.69. The molecule has 26 heavy (non-hydrogen) atoms. The Balaban J connectivity index is 1.86. The Bertz CT molecular complexity index is 771. The fraction of sp³-hybridized carbons (Fsp3) is 0.400. The third kappa shape index (κ3) is 4.14. The minimum Gasteiger partial charge on any atom is -0.354 e. The van der Waals surface area contributed by atoms with E-state index in [1.165, 1.54) is 12.8 Å². The smallest absolute Gasteiger partial charge is 0.183 e. The lowest BCUT2D eigenvalue weighted by Gasteiger charge is -2.42. The normalized spacial score (nSPS) is 16.0. The summed E-state index contributed by atoms with van der Waals surface area (Å²) in [6, 6.07) is 10.2. The van der Waals surface area contributed by atoms with E-state index in [1.54, 1.807) is 0 Å². The van der Waals surface area contributed by atoms with Gasteiger partial charge in [0.2, 0.25) is 0 Å². The lowest BCUT2D eigenvalue weighted by atomic mass is 10.2. The van der Waals surface area contributed by atoms with Gasteiger partial charge >= 0.3 is 0 Å². The van der Waals surface area contributed by atoms with Crippen LogP contribution in [-0.2, 0) is 0 Å². The van der Waals surface area contributed by atoms with E-state index in [4.69, 9.17) is 16.7 Å². The van der Waals surface area contributed by atoms with Gasteiger partial charge in [0.25, 0.3) is 0 Å². The Kier molecular flexibility index (Phi) is 6.06. The van der Waals surface area contributed by atoms with Gasteiger partial charge < -0.3 is 14.3 Å². The average molecular weight is 371 g/mol. The van der Waals surface area contributed by atoms with E-state index in [2.05, 4.69) is 38.9 Å². The first-order chi connectivity index (χ1) is 12.6. The number of unbranched alkanes of at least 4 members (excludes halogenated alkanes) is 1. The quantitative estimate of drug-likeness (QED) is 0.709. The Morgan fingerprint density at radius 1 is 1.19 bits per heavy atom. The van der Waals surface area contributed by atoms with Gasteiger partial charge in [-0.25, -0.2) is 0 Å². The zero-order valence-corrected chi connectivity index (χ0v) is 16.5. The Labute approximate surface area is 160 Å². The molecule has 3 rings (SSSR count). The summed E-state index contributed by atoms with van der Waals surface area (Å²) in [6.07, 6.45) is 6.37. The van der Waals surface area contributed by atoms with E-state index in [0.29, 0.717) is 0 Å². The van der Waals surface area contributed by atoms with Crippen molar-refractivity contribution < 1.29 is 4.52 Å². The molecule has 0 amide bonds. The number of hydrogen-bond acceptors (Lipinski definition) is 4. The maximum atomic E-state index is 5.69. The van der Waals surface area contributed by atoms with E-state index >= 15 is 0 Å². The van der Waals surface area contributed by atoms with Crippen LogP contribution in [0.25, 0.3) is 12.2 Å². The molecule has 1 aliphatic rings. The van der Waals surface area contributed by atoms with E-state index in [0.717, 1.165) is 47.7 Å². The summed E-state index contributed by atoms with van der Waals surface area (Å²) in [5.74, 6) is 0.736. The molecule has 2 heterocycles. The van der Waals surface area contributed by atoms with Crippen molar-refractivity contribution >= 4 is 35.2 Å². The number of hydrogen-bond donors (Lipinski definition) is 0. The Hall–Kier alpha value is -2.18. The summed E-state index contributed by atoms with van der Waals surface area (Å²) in [5, 5.41) is 4.99. The van der Waals surface area contributed by atoms with Crippen molar-refractivity contribution in [1.82, 2.24) is 15.0 Å². The van der Waals surface area contributed by atoms with Crippen LogP contribution in [0.5, 0.6) is 0 Å². The monoisotopic (exact) mass is 370 g/mol. The molecule has 0 saturated carbocycles. The van der Waals surface area contributed by atoms with E-state index in [1.807, 2.05) is 44.3 Å². The number of nitrogens with zero attached hydrogens (tertiary/aromatic N) is 4. The van der Waals surface area contributed by atoms with Gasteiger partial charge in [0, 0.05) is 13.6 Å². The zero-order valence-electron chi connectivity index (χ0n) is 15.7. The minimum absolute atomic E-state index is 0.736. The summed E-state index contributed by atoms with van der Waals surface area (Å²) < 4.78 is 5.60. The van der Waals surface area contributed by atoms with Gasteiger partial charge in [0.15, 0.2) is 10.9 Å². The van der Waals surface area contributed by atoms with Crippen LogP contribution in [-0.4, -0.2) is 47.0 Å². The highest BCUT2D eigenvalue weighted by Crippen LogP contribution is 2.29. The van der Waals surface area contributed by atoms with Gasteiger partial charge in [-0.2, -0.15) is 0 Å². The predicted molar refractivity (Wildman–Crippen MR) is 111 cm³/mol. The fourth-order valence-electron chi connectivity index (χ4n) is 3.12. The molecule has 0 radical (unpaired) electrons. The van der Waals surface area contributed by atoms with Gasteiger partial charge in [0.05, 0.1) is 13.3 Å². The summed E-state index contributed by atoms with van der Waals surface area (Å²) >= 11 is 5.69. The van der Waals surface area contributed by atoms with Crippen LogP contribution < -0.4 is 4.90 Å². The van der Waals surface area contributed by atoms with Crippen molar-refractivity contribution in [2.75, 3.05) is 31.8 Å². The summed E-state index contributed by atoms with van der Waals surface area (Å²) in [4.78, 5) is 6.63. The van der Waals surface area contributed by atoms with Gasteiger partial charge in [-0.3, -0.25) is 4.90 Å². The molecule has 1 saturated heterocycles. The van der Waals surface area contributed by atoms with E-state index in [-0.39, 0.29) is 0 Å². The topological polar surface area (TPSA) is 35.8 Å². The minimum atomic E-state index is 0.736. The molecule has 1 aliphatic heterocycles. The molecule has 6 heteroatoms. The van der Waals surface area contributed by atoms with Crippen LogP contribution in [0.4, 0.5) is 5.69 Å². The second-order valence-corrected chi connectivity index (χ2v) is 7.03. The lowest BCUT2D eigenvalue weighted by Crippen LogP contribution is -2.57. The van der Waals surface area contributed by atoms with Crippen molar-refractivity contribution in [1.29, 1.82) is 0 Å². The molecule has 0 bridgehead atoms. The van der Waals surface area contributed by atoms with Crippen molar-refractivity contribution in [3.8, 4) is 0 Å². The molecular weight excluding hydrogens is 344 g/mol. The SMILES string of the molecule is CCCCN1CN(C)C(=S)N(c2c(C)noc2/C=C/c2ccccc2)C1. The van der Waals surface area contributed by atoms with Crippen molar-refractivity contribution in [3.05, 3.63) is 47.3 Å². The molecular formula is C20H26N4OS. The first-order valence-corrected chi connectivity index (χ1v) is 9.45. The summed E-state index contributed by atoms with van der Waals surface area (Å²) in [6.45, 7) is 6.85. The highest BCUT2D eigenvalue weighted by molar-refractivity contribution is 7.80. The molecule has 0 unspecified atom stereocenters. The summed E-state index contributed by atoms with van der Waals surface area (Å²) in [7, 11) is 2.04. The third-order valence-electron chi connectivity index (χ3n) is 4.49. The molecule has 2 aromatic rings. The molecule has 0 aliphatic carbocycles. The van der Waals surface area contributed by atoms with Crippen molar-refractivity contribution in [2.45, 2.75) is 26.7 Å². The van der Waals surface area contributed by atoms with Gasteiger partial charge in [0.1, 0.15) is 11.4 Å². The van der Waals surface area contributed by atoms with Gasteiger partial charge in [-0.1, -0.05) is 54.9 Å². The van der Waals surface area contributed by atoms with Crippen LogP contribution >= 0.6 is 12.2 Å². The van der Waals surface area contributed by atoms with Crippen LogP contribution in [0.1, 0.15) is 36.8 Å². The lowest BCUT2D eigenvalue weighted by molar-refractivity contribution is 0.183. The number of aromatic nitrogens is 1. The van der Waals surface area contributed by atoms with Crippen LogP contribution in [0.15, 0.2) is 34.9 Å². The van der Waals surface area contributed by atoms with Crippen LogP contribution in [0.2, 0.25) is 0 Å². The molecule has 0 spiro atoms. The second-order valence-electron chi connectivity index (χ2n) is 6.66. The molecule has 0 atom stereocenters. The van der Waals surface area contributed by atoms with Crippen molar-refractivity contribution in [2.24, 2.45) is 0 Å². The predicted octanol–water partition coefficient (Wildman–Crippen LogP) is 4.21.